The first kappa shape index (κ1) is 12.7. The molecule has 20 heavy (non-hydrogen) atoms. The van der Waals surface area contributed by atoms with Crippen LogP contribution in [0.15, 0.2) is 18.2 Å². The molecule has 0 amide bonds. The quantitative estimate of drug-likeness (QED) is 0.848. The zero-order chi connectivity index (χ0) is 14.0. The highest BCUT2D eigenvalue weighted by Gasteiger charge is 2.64. The second-order valence-electron chi connectivity index (χ2n) is 7.26. The smallest absolute Gasteiger partial charge is 0.119 e. The zero-order valence-electron chi connectivity index (χ0n) is 12.5. The van der Waals surface area contributed by atoms with Crippen LogP contribution in [-0.2, 0) is 11.8 Å². The van der Waals surface area contributed by atoms with Crippen molar-refractivity contribution in [2.24, 2.45) is 11.3 Å². The maximum Gasteiger partial charge on any atom is 0.119 e. The summed E-state index contributed by atoms with van der Waals surface area (Å²) in [4.78, 5) is 0. The molecule has 4 rings (SSSR count). The third-order valence-corrected chi connectivity index (χ3v) is 6.77. The highest BCUT2D eigenvalue weighted by molar-refractivity contribution is 5.48. The standard InChI is InChI=1S/C18H24O2/c1-17-8-3-4-13-10-12-11-14(20-2)5-6-15(12)18(13,17)9-7-16(17)19/h5-6,11,13,16,19H,3-4,7-10H2,1-2H3/t13-,16+,17-,18-/m1/s1. The maximum absolute atomic E-state index is 10.6. The molecule has 108 valence electrons. The van der Waals surface area contributed by atoms with Gasteiger partial charge in [-0.25, -0.2) is 0 Å². The lowest BCUT2D eigenvalue weighted by molar-refractivity contribution is -0.0262. The number of methoxy groups -OCH3 is 1. The molecule has 4 atom stereocenters. The number of aliphatic hydroxyl groups excluding tert-OH is 1. The summed E-state index contributed by atoms with van der Waals surface area (Å²) in [7, 11) is 1.74. The Hall–Kier alpha value is -1.02. The lowest BCUT2D eigenvalue weighted by Crippen LogP contribution is -2.50. The third kappa shape index (κ3) is 1.29. The van der Waals surface area contributed by atoms with Gasteiger partial charge in [0.2, 0.25) is 0 Å². The molecule has 0 heterocycles. The van der Waals surface area contributed by atoms with Crippen LogP contribution in [0.5, 0.6) is 5.75 Å². The van der Waals surface area contributed by atoms with E-state index in [0.717, 1.165) is 24.5 Å². The van der Waals surface area contributed by atoms with Crippen molar-refractivity contribution in [2.45, 2.75) is 57.0 Å². The maximum atomic E-state index is 10.6. The van der Waals surface area contributed by atoms with Crippen LogP contribution in [0.1, 0.15) is 50.2 Å². The molecule has 0 aromatic heterocycles. The average Bonchev–Trinajstić information content (AvgIpc) is 2.92. The van der Waals surface area contributed by atoms with Crippen molar-refractivity contribution < 1.29 is 9.84 Å². The van der Waals surface area contributed by atoms with Gasteiger partial charge in [0.05, 0.1) is 13.2 Å². The summed E-state index contributed by atoms with van der Waals surface area (Å²) in [5.41, 5.74) is 3.29. The lowest BCUT2D eigenvalue weighted by Gasteiger charge is -2.51. The summed E-state index contributed by atoms with van der Waals surface area (Å²) < 4.78 is 5.40. The summed E-state index contributed by atoms with van der Waals surface area (Å²) in [5.74, 6) is 1.69. The fraction of sp³-hybridized carbons (Fsp3) is 0.667. The van der Waals surface area contributed by atoms with E-state index in [0.29, 0.717) is 0 Å². The fourth-order valence-corrected chi connectivity index (χ4v) is 5.79. The van der Waals surface area contributed by atoms with E-state index in [2.05, 4.69) is 25.1 Å². The Morgan fingerprint density at radius 2 is 2.10 bits per heavy atom. The van der Waals surface area contributed by atoms with E-state index < -0.39 is 0 Å². The zero-order valence-corrected chi connectivity index (χ0v) is 12.5. The molecule has 1 spiro atoms. The van der Waals surface area contributed by atoms with Gasteiger partial charge < -0.3 is 9.84 Å². The topological polar surface area (TPSA) is 29.5 Å². The summed E-state index contributed by atoms with van der Waals surface area (Å²) >= 11 is 0. The molecule has 0 bridgehead atoms. The molecule has 0 saturated heterocycles. The van der Waals surface area contributed by atoms with Crippen LogP contribution in [0, 0.1) is 11.3 Å². The van der Waals surface area contributed by atoms with E-state index in [1.807, 2.05) is 0 Å². The number of rotatable bonds is 1. The van der Waals surface area contributed by atoms with Gasteiger partial charge >= 0.3 is 0 Å². The van der Waals surface area contributed by atoms with E-state index in [4.69, 9.17) is 4.74 Å². The molecule has 2 saturated carbocycles. The molecule has 2 nitrogen and oxygen atoms in total. The number of ether oxygens (including phenoxy) is 1. The Bertz CT molecular complexity index is 552. The molecule has 1 N–H and O–H groups in total. The minimum Gasteiger partial charge on any atom is -0.497 e. The molecule has 1 aromatic carbocycles. The van der Waals surface area contributed by atoms with Crippen LogP contribution in [0.4, 0.5) is 0 Å². The predicted octanol–water partition coefficient (Wildman–Crippen LogP) is 3.45. The van der Waals surface area contributed by atoms with Crippen molar-refractivity contribution in [1.82, 2.24) is 0 Å². The Morgan fingerprint density at radius 1 is 1.25 bits per heavy atom. The van der Waals surface area contributed by atoms with Gasteiger partial charge in [-0.15, -0.1) is 0 Å². The first-order valence-electron chi connectivity index (χ1n) is 7.97. The van der Waals surface area contributed by atoms with Gasteiger partial charge in [0.1, 0.15) is 5.75 Å². The second kappa shape index (κ2) is 4.00. The Labute approximate surface area is 121 Å². The van der Waals surface area contributed by atoms with Crippen molar-refractivity contribution in [3.05, 3.63) is 29.3 Å². The number of hydrogen-bond donors (Lipinski definition) is 1. The van der Waals surface area contributed by atoms with E-state index in [1.165, 1.54) is 36.8 Å². The highest BCUT2D eigenvalue weighted by atomic mass is 16.5. The Kier molecular flexibility index (Phi) is 2.54. The van der Waals surface area contributed by atoms with Gasteiger partial charge in [0, 0.05) is 10.8 Å². The summed E-state index contributed by atoms with van der Waals surface area (Å²) in [6, 6.07) is 6.62. The summed E-state index contributed by atoms with van der Waals surface area (Å²) in [6.07, 6.45) is 6.95. The number of aliphatic hydroxyl groups is 1. The molecule has 3 aliphatic carbocycles. The fourth-order valence-electron chi connectivity index (χ4n) is 5.79. The van der Waals surface area contributed by atoms with E-state index >= 15 is 0 Å². The normalized spacial score (nSPS) is 42.0. The molecule has 1 aromatic rings. The first-order chi connectivity index (χ1) is 9.62. The van der Waals surface area contributed by atoms with Gasteiger partial charge in [-0.1, -0.05) is 19.4 Å². The summed E-state index contributed by atoms with van der Waals surface area (Å²) in [5, 5.41) is 10.6. The molecule has 0 radical (unpaired) electrons. The van der Waals surface area contributed by atoms with Gasteiger partial charge in [-0.3, -0.25) is 0 Å². The lowest BCUT2D eigenvalue weighted by atomic mass is 9.53. The Morgan fingerprint density at radius 3 is 2.90 bits per heavy atom. The molecule has 0 aliphatic heterocycles. The van der Waals surface area contributed by atoms with Gasteiger partial charge in [0.25, 0.3) is 0 Å². The number of fused-ring (bicyclic) bond motifs is 1. The largest absolute Gasteiger partial charge is 0.497 e. The van der Waals surface area contributed by atoms with Crippen LogP contribution >= 0.6 is 0 Å². The van der Waals surface area contributed by atoms with Crippen molar-refractivity contribution in [1.29, 1.82) is 0 Å². The molecule has 0 unspecified atom stereocenters. The van der Waals surface area contributed by atoms with Gasteiger partial charge in [-0.05, 0) is 61.3 Å². The van der Waals surface area contributed by atoms with Crippen molar-refractivity contribution in [3.8, 4) is 5.75 Å². The minimum atomic E-state index is -0.127. The monoisotopic (exact) mass is 272 g/mol. The SMILES string of the molecule is COc1ccc2c(c1)C[C@H]1CCC[C@]3(C)[C@@H](O)CC[C@]213. The third-order valence-electron chi connectivity index (χ3n) is 6.77. The van der Waals surface area contributed by atoms with Gasteiger partial charge in [-0.2, -0.15) is 0 Å². The van der Waals surface area contributed by atoms with Crippen LogP contribution < -0.4 is 4.74 Å². The second-order valence-corrected chi connectivity index (χ2v) is 7.26. The minimum absolute atomic E-state index is 0.0791. The van der Waals surface area contributed by atoms with Crippen LogP contribution in [0.25, 0.3) is 0 Å². The molecule has 2 fully saturated rings. The highest BCUT2D eigenvalue weighted by Crippen LogP contribution is 2.67. The predicted molar refractivity (Wildman–Crippen MR) is 79.1 cm³/mol. The Balaban J connectivity index is 1.90. The van der Waals surface area contributed by atoms with Crippen molar-refractivity contribution >= 4 is 0 Å². The van der Waals surface area contributed by atoms with E-state index in [-0.39, 0.29) is 16.9 Å². The molecule has 3 aliphatic rings. The van der Waals surface area contributed by atoms with Crippen molar-refractivity contribution in [2.75, 3.05) is 7.11 Å². The number of hydrogen-bond acceptors (Lipinski definition) is 2. The van der Waals surface area contributed by atoms with Crippen LogP contribution in [0.2, 0.25) is 0 Å². The molecular weight excluding hydrogens is 248 g/mol. The van der Waals surface area contributed by atoms with Crippen molar-refractivity contribution in [3.63, 3.8) is 0 Å². The van der Waals surface area contributed by atoms with E-state index in [9.17, 15) is 5.11 Å². The van der Waals surface area contributed by atoms with E-state index in [1.54, 1.807) is 7.11 Å². The van der Waals surface area contributed by atoms with Gasteiger partial charge in [0.15, 0.2) is 0 Å². The molecular formula is C18H24O2. The number of benzene rings is 1. The first-order valence-corrected chi connectivity index (χ1v) is 7.97. The molecule has 2 heteroatoms. The van der Waals surface area contributed by atoms with Crippen LogP contribution in [-0.4, -0.2) is 18.3 Å². The van der Waals surface area contributed by atoms with Crippen LogP contribution in [0.3, 0.4) is 0 Å². The summed E-state index contributed by atoms with van der Waals surface area (Å²) in [6.45, 7) is 2.34. The average molecular weight is 272 g/mol.